The first kappa shape index (κ1) is 8.25. The van der Waals surface area contributed by atoms with Crippen molar-refractivity contribution in [3.8, 4) is 0 Å². The van der Waals surface area contributed by atoms with E-state index in [-0.39, 0.29) is 6.61 Å². The summed E-state index contributed by atoms with van der Waals surface area (Å²) >= 11 is 5.40. The van der Waals surface area contributed by atoms with Gasteiger partial charge in [0, 0.05) is 5.88 Å². The summed E-state index contributed by atoms with van der Waals surface area (Å²) in [6, 6.07) is 0. The summed E-state index contributed by atoms with van der Waals surface area (Å²) in [7, 11) is 0. The van der Waals surface area contributed by atoms with Gasteiger partial charge in [0.05, 0.1) is 6.61 Å². The molecular formula is C6H12ClO. The maximum absolute atomic E-state index is 9.86. The molecule has 0 aromatic carbocycles. The smallest absolute Gasteiger partial charge is 0.0822 e. The van der Waals surface area contributed by atoms with E-state index in [0.29, 0.717) is 0 Å². The van der Waals surface area contributed by atoms with Gasteiger partial charge in [-0.2, -0.15) is 0 Å². The van der Waals surface area contributed by atoms with E-state index >= 15 is 0 Å². The molecule has 0 fully saturated rings. The third-order valence-corrected chi connectivity index (χ3v) is 1.30. The van der Waals surface area contributed by atoms with Gasteiger partial charge in [-0.25, -0.2) is 5.11 Å². The maximum Gasteiger partial charge on any atom is 0.0822 e. The van der Waals surface area contributed by atoms with Crippen molar-refractivity contribution in [2.24, 2.45) is 0 Å². The van der Waals surface area contributed by atoms with E-state index in [1.165, 1.54) is 0 Å². The lowest BCUT2D eigenvalue weighted by atomic mass is 10.2. The van der Waals surface area contributed by atoms with Crippen LogP contribution < -0.4 is 0 Å². The molecule has 2 heteroatoms. The minimum absolute atomic E-state index is 0.0717. The average Bonchev–Trinajstić information content (AvgIpc) is 1.81. The quantitative estimate of drug-likeness (QED) is 0.407. The van der Waals surface area contributed by atoms with E-state index in [1.54, 1.807) is 0 Å². The van der Waals surface area contributed by atoms with E-state index in [1.807, 2.05) is 0 Å². The van der Waals surface area contributed by atoms with Crippen molar-refractivity contribution >= 4 is 11.6 Å². The van der Waals surface area contributed by atoms with Crippen molar-refractivity contribution < 1.29 is 5.11 Å². The number of hydrogen-bond acceptors (Lipinski definition) is 0. The molecule has 0 saturated heterocycles. The van der Waals surface area contributed by atoms with Gasteiger partial charge in [-0.05, 0) is 12.8 Å². The monoisotopic (exact) mass is 135 g/mol. The second kappa shape index (κ2) is 7.25. The largest absolute Gasteiger partial charge is 0.237 e. The van der Waals surface area contributed by atoms with Crippen molar-refractivity contribution in [2.75, 3.05) is 12.5 Å². The van der Waals surface area contributed by atoms with Crippen LogP contribution in [0, 0.1) is 0 Å². The number of rotatable bonds is 5. The third-order valence-electron chi connectivity index (χ3n) is 1.03. The zero-order chi connectivity index (χ0) is 6.24. The van der Waals surface area contributed by atoms with Gasteiger partial charge < -0.3 is 0 Å². The topological polar surface area (TPSA) is 19.9 Å². The molecule has 0 aromatic rings. The molecule has 1 radical (unpaired) electrons. The molecule has 0 N–H and O–H groups in total. The Morgan fingerprint density at radius 1 is 1.00 bits per heavy atom. The van der Waals surface area contributed by atoms with Crippen LogP contribution in [0.15, 0.2) is 0 Å². The Morgan fingerprint density at radius 3 is 2.12 bits per heavy atom. The predicted octanol–water partition coefficient (Wildman–Crippen LogP) is 2.22. The summed E-state index contributed by atoms with van der Waals surface area (Å²) < 4.78 is 0. The lowest BCUT2D eigenvalue weighted by Crippen LogP contribution is -1.81. The molecule has 0 rings (SSSR count). The SMILES string of the molecule is [O]CCCCCCCl. The molecule has 49 valence electrons. The zero-order valence-electron chi connectivity index (χ0n) is 5.03. The summed E-state index contributed by atoms with van der Waals surface area (Å²) in [5.74, 6) is 0.735. The first-order valence-corrected chi connectivity index (χ1v) is 3.59. The van der Waals surface area contributed by atoms with Crippen LogP contribution in [0.4, 0.5) is 0 Å². The van der Waals surface area contributed by atoms with Gasteiger partial charge >= 0.3 is 0 Å². The summed E-state index contributed by atoms with van der Waals surface area (Å²) in [4.78, 5) is 0. The molecule has 0 aliphatic rings. The molecule has 0 aliphatic carbocycles. The molecule has 0 saturated carbocycles. The summed E-state index contributed by atoms with van der Waals surface area (Å²) in [6.07, 6.45) is 4.04. The predicted molar refractivity (Wildman–Crippen MR) is 34.7 cm³/mol. The Morgan fingerprint density at radius 2 is 1.62 bits per heavy atom. The second-order valence-corrected chi connectivity index (χ2v) is 2.19. The molecule has 0 aromatic heterocycles. The van der Waals surface area contributed by atoms with Crippen molar-refractivity contribution in [1.29, 1.82) is 0 Å². The zero-order valence-corrected chi connectivity index (χ0v) is 5.78. The van der Waals surface area contributed by atoms with Gasteiger partial charge in [0.2, 0.25) is 0 Å². The molecule has 0 aliphatic heterocycles. The van der Waals surface area contributed by atoms with Crippen LogP contribution in [0.2, 0.25) is 0 Å². The van der Waals surface area contributed by atoms with Crippen molar-refractivity contribution in [3.63, 3.8) is 0 Å². The molecule has 0 atom stereocenters. The number of halogens is 1. The molecule has 8 heavy (non-hydrogen) atoms. The fourth-order valence-electron chi connectivity index (χ4n) is 0.550. The van der Waals surface area contributed by atoms with Crippen molar-refractivity contribution in [2.45, 2.75) is 25.7 Å². The van der Waals surface area contributed by atoms with Crippen LogP contribution >= 0.6 is 11.6 Å². The highest BCUT2D eigenvalue weighted by molar-refractivity contribution is 6.17. The first-order chi connectivity index (χ1) is 3.91. The van der Waals surface area contributed by atoms with Gasteiger partial charge in [0.15, 0.2) is 0 Å². The molecule has 0 unspecified atom stereocenters. The minimum Gasteiger partial charge on any atom is -0.237 e. The molecule has 1 nitrogen and oxygen atoms in total. The van der Waals surface area contributed by atoms with Crippen LogP contribution in [0.25, 0.3) is 0 Å². The van der Waals surface area contributed by atoms with Crippen molar-refractivity contribution in [3.05, 3.63) is 0 Å². The van der Waals surface area contributed by atoms with Gasteiger partial charge in [-0.1, -0.05) is 12.8 Å². The highest BCUT2D eigenvalue weighted by atomic mass is 35.5. The summed E-state index contributed by atoms with van der Waals surface area (Å²) in [5, 5.41) is 9.86. The highest BCUT2D eigenvalue weighted by Crippen LogP contribution is 1.99. The Bertz CT molecular complexity index is 33.5. The van der Waals surface area contributed by atoms with Crippen molar-refractivity contribution in [1.82, 2.24) is 0 Å². The number of hydrogen-bond donors (Lipinski definition) is 0. The van der Waals surface area contributed by atoms with Crippen LogP contribution in [0.5, 0.6) is 0 Å². The summed E-state index contributed by atoms with van der Waals surface area (Å²) in [6.45, 7) is 0.0717. The normalized spacial score (nSPS) is 9.75. The van der Waals surface area contributed by atoms with Gasteiger partial charge in [-0.15, -0.1) is 11.6 Å². The molecular weight excluding hydrogens is 124 g/mol. The maximum atomic E-state index is 9.86. The van der Waals surface area contributed by atoms with E-state index in [0.717, 1.165) is 31.6 Å². The minimum atomic E-state index is 0.0717. The fraction of sp³-hybridized carbons (Fsp3) is 1.00. The molecule has 0 heterocycles. The number of unbranched alkanes of at least 4 members (excludes halogenated alkanes) is 3. The van der Waals surface area contributed by atoms with E-state index in [9.17, 15) is 5.11 Å². The highest BCUT2D eigenvalue weighted by Gasteiger charge is 1.85. The Labute approximate surface area is 55.7 Å². The Hall–Kier alpha value is 0.250. The van der Waals surface area contributed by atoms with Crippen LogP contribution in [-0.2, 0) is 5.11 Å². The van der Waals surface area contributed by atoms with Crippen LogP contribution in [0.3, 0.4) is 0 Å². The number of alkyl halides is 1. The third kappa shape index (κ3) is 6.25. The lowest BCUT2D eigenvalue weighted by Gasteiger charge is -1.91. The fourth-order valence-corrected chi connectivity index (χ4v) is 0.739. The van der Waals surface area contributed by atoms with E-state index in [2.05, 4.69) is 0 Å². The molecule has 0 spiro atoms. The van der Waals surface area contributed by atoms with Gasteiger partial charge in [-0.3, -0.25) is 0 Å². The van der Waals surface area contributed by atoms with Crippen LogP contribution in [0.1, 0.15) is 25.7 Å². The van der Waals surface area contributed by atoms with Gasteiger partial charge in [0.25, 0.3) is 0 Å². The van der Waals surface area contributed by atoms with E-state index in [4.69, 9.17) is 11.6 Å². The lowest BCUT2D eigenvalue weighted by molar-refractivity contribution is 0.186. The van der Waals surface area contributed by atoms with Gasteiger partial charge in [0.1, 0.15) is 0 Å². The second-order valence-electron chi connectivity index (χ2n) is 1.81. The summed E-state index contributed by atoms with van der Waals surface area (Å²) in [5.41, 5.74) is 0. The Kier molecular flexibility index (Phi) is 7.48. The average molecular weight is 136 g/mol. The Balaban J connectivity index is 2.53. The first-order valence-electron chi connectivity index (χ1n) is 3.06. The van der Waals surface area contributed by atoms with E-state index < -0.39 is 0 Å². The van der Waals surface area contributed by atoms with Crippen LogP contribution in [-0.4, -0.2) is 12.5 Å². The molecule has 0 bridgehead atoms. The standard InChI is InChI=1S/C6H12ClO/c7-5-3-1-2-4-6-8/h1-6H2. The molecule has 0 amide bonds.